The lowest BCUT2D eigenvalue weighted by Gasteiger charge is -1.94. The van der Waals surface area contributed by atoms with Gasteiger partial charge in [0.05, 0.1) is 0 Å². The molecule has 0 fully saturated rings. The zero-order valence-electron chi connectivity index (χ0n) is 12.0. The van der Waals surface area contributed by atoms with Gasteiger partial charge >= 0.3 is 11.8 Å². The van der Waals surface area contributed by atoms with E-state index in [1.165, 1.54) is 0 Å². The maximum Gasteiger partial charge on any atom is 0.306 e. The van der Waals surface area contributed by atoms with Crippen molar-refractivity contribution >= 4 is 31.9 Å². The summed E-state index contributed by atoms with van der Waals surface area (Å²) in [5.74, 6) is 1.15. The fourth-order valence-electron chi connectivity index (χ4n) is 2.04. The van der Waals surface area contributed by atoms with Crippen LogP contribution in [-0.2, 0) is 0 Å². The third-order valence-corrected chi connectivity index (χ3v) is 4.27. The Morgan fingerprint density at radius 2 is 0.833 bits per heavy atom. The van der Waals surface area contributed by atoms with Crippen LogP contribution in [0.1, 0.15) is 0 Å². The summed E-state index contributed by atoms with van der Waals surface area (Å²) in [5, 5.41) is 16.0. The molecule has 118 valence electrons. The van der Waals surface area contributed by atoms with Crippen molar-refractivity contribution < 1.29 is 8.83 Å². The molecule has 4 aromatic rings. The van der Waals surface area contributed by atoms with Crippen LogP contribution in [0.2, 0.25) is 0 Å². The van der Waals surface area contributed by atoms with Gasteiger partial charge < -0.3 is 8.83 Å². The topological polar surface area (TPSA) is 77.8 Å². The quantitative estimate of drug-likeness (QED) is 0.440. The van der Waals surface area contributed by atoms with E-state index >= 15 is 0 Å². The third-order valence-electron chi connectivity index (χ3n) is 3.22. The minimum Gasteiger partial charge on any atom is -0.412 e. The Morgan fingerprint density at radius 1 is 0.500 bits per heavy atom. The zero-order valence-corrected chi connectivity index (χ0v) is 15.2. The largest absolute Gasteiger partial charge is 0.412 e. The van der Waals surface area contributed by atoms with Crippen LogP contribution in [0, 0.1) is 0 Å². The monoisotopic (exact) mass is 446 g/mol. The van der Waals surface area contributed by atoms with Crippen LogP contribution in [0.4, 0.5) is 0 Å². The molecule has 0 bridgehead atoms. The van der Waals surface area contributed by atoms with Crippen molar-refractivity contribution in [3.05, 3.63) is 57.5 Å². The van der Waals surface area contributed by atoms with Crippen LogP contribution in [0.25, 0.3) is 34.7 Å². The first-order chi connectivity index (χ1) is 11.7. The summed E-state index contributed by atoms with van der Waals surface area (Å²) < 4.78 is 13.2. The minimum absolute atomic E-state index is 0.184. The molecule has 0 aliphatic heterocycles. The fourth-order valence-corrected chi connectivity index (χ4v) is 2.57. The summed E-state index contributed by atoms with van der Waals surface area (Å²) in [6.45, 7) is 0. The first-order valence-corrected chi connectivity index (χ1v) is 8.47. The molecule has 0 N–H and O–H groups in total. The van der Waals surface area contributed by atoms with E-state index in [2.05, 4.69) is 52.3 Å². The van der Waals surface area contributed by atoms with E-state index in [0.717, 1.165) is 20.1 Å². The third kappa shape index (κ3) is 3.02. The highest BCUT2D eigenvalue weighted by Gasteiger charge is 2.17. The van der Waals surface area contributed by atoms with Crippen molar-refractivity contribution in [3.63, 3.8) is 0 Å². The SMILES string of the molecule is Brc1ccc(-c2nnc(-c3nnc(-c4ccc(Br)cc4)o3)o2)cc1. The first-order valence-electron chi connectivity index (χ1n) is 6.88. The molecule has 0 radical (unpaired) electrons. The number of halogens is 2. The van der Waals surface area contributed by atoms with Gasteiger partial charge in [0.15, 0.2) is 0 Å². The lowest BCUT2D eigenvalue weighted by Crippen LogP contribution is -1.77. The second-order valence-electron chi connectivity index (χ2n) is 4.84. The molecule has 4 rings (SSSR count). The van der Waals surface area contributed by atoms with Crippen LogP contribution < -0.4 is 0 Å². The van der Waals surface area contributed by atoms with Crippen molar-refractivity contribution in [2.45, 2.75) is 0 Å². The summed E-state index contributed by atoms with van der Waals surface area (Å²) in [7, 11) is 0. The van der Waals surface area contributed by atoms with Crippen LogP contribution in [-0.4, -0.2) is 20.4 Å². The number of hydrogen-bond acceptors (Lipinski definition) is 6. The van der Waals surface area contributed by atoms with Gasteiger partial charge in [-0.1, -0.05) is 31.9 Å². The van der Waals surface area contributed by atoms with Crippen LogP contribution in [0.15, 0.2) is 66.3 Å². The molecule has 0 amide bonds. The Bertz CT molecular complexity index is 896. The smallest absolute Gasteiger partial charge is 0.306 e. The maximum absolute atomic E-state index is 5.62. The molecule has 0 aliphatic rings. The molecule has 8 heteroatoms. The Morgan fingerprint density at radius 3 is 1.21 bits per heavy atom. The summed E-state index contributed by atoms with van der Waals surface area (Å²) >= 11 is 6.77. The van der Waals surface area contributed by atoms with E-state index < -0.39 is 0 Å². The summed E-state index contributed by atoms with van der Waals surface area (Å²) in [5.41, 5.74) is 1.62. The van der Waals surface area contributed by atoms with E-state index in [9.17, 15) is 0 Å². The van der Waals surface area contributed by atoms with Crippen LogP contribution in [0.5, 0.6) is 0 Å². The van der Waals surface area contributed by atoms with Crippen LogP contribution >= 0.6 is 31.9 Å². The molecule has 6 nitrogen and oxygen atoms in total. The highest BCUT2D eigenvalue weighted by molar-refractivity contribution is 9.10. The highest BCUT2D eigenvalue weighted by atomic mass is 79.9. The van der Waals surface area contributed by atoms with Crippen LogP contribution in [0.3, 0.4) is 0 Å². The highest BCUT2D eigenvalue weighted by Crippen LogP contribution is 2.27. The first kappa shape index (κ1) is 15.2. The van der Waals surface area contributed by atoms with E-state index in [-0.39, 0.29) is 11.8 Å². The second-order valence-corrected chi connectivity index (χ2v) is 6.67. The standard InChI is InChI=1S/C16H8Br2N4O2/c17-11-5-1-9(2-6-11)13-19-21-15(23-13)16-22-20-14(24-16)10-3-7-12(18)8-4-10/h1-8H. The van der Waals surface area contributed by atoms with E-state index in [4.69, 9.17) is 8.83 Å². The van der Waals surface area contributed by atoms with Gasteiger partial charge in [-0.3, -0.25) is 0 Å². The predicted octanol–water partition coefficient (Wildman–Crippen LogP) is 4.98. The Balaban J connectivity index is 1.63. The van der Waals surface area contributed by atoms with Gasteiger partial charge in [-0.2, -0.15) is 0 Å². The lowest BCUT2D eigenvalue weighted by molar-refractivity contribution is 0.522. The number of aromatic nitrogens is 4. The second kappa shape index (κ2) is 6.29. The van der Waals surface area contributed by atoms with E-state index in [1.54, 1.807) is 0 Å². The van der Waals surface area contributed by atoms with Crippen molar-refractivity contribution in [1.29, 1.82) is 0 Å². The van der Waals surface area contributed by atoms with Gasteiger partial charge in [-0.25, -0.2) is 0 Å². The minimum atomic E-state index is 0.184. The normalized spacial score (nSPS) is 10.9. The molecule has 0 atom stereocenters. The van der Waals surface area contributed by atoms with Gasteiger partial charge in [0.1, 0.15) is 0 Å². The van der Waals surface area contributed by atoms with Crippen molar-refractivity contribution in [3.8, 4) is 34.7 Å². The van der Waals surface area contributed by atoms with Crippen molar-refractivity contribution in [1.82, 2.24) is 20.4 Å². The summed E-state index contributed by atoms with van der Waals surface area (Å²) in [6.07, 6.45) is 0. The lowest BCUT2D eigenvalue weighted by atomic mass is 10.2. The zero-order chi connectivity index (χ0) is 16.5. The number of benzene rings is 2. The maximum atomic E-state index is 5.62. The van der Waals surface area contributed by atoms with Gasteiger partial charge in [0.25, 0.3) is 0 Å². The number of rotatable bonds is 3. The molecular formula is C16H8Br2N4O2. The molecule has 0 unspecified atom stereocenters. The molecule has 0 aliphatic carbocycles. The van der Waals surface area contributed by atoms with E-state index in [1.807, 2.05) is 48.5 Å². The average molecular weight is 448 g/mol. The summed E-state index contributed by atoms with van der Waals surface area (Å²) in [4.78, 5) is 0. The Labute approximate surface area is 153 Å². The average Bonchev–Trinajstić information content (AvgIpc) is 3.25. The molecule has 0 saturated carbocycles. The molecule has 24 heavy (non-hydrogen) atoms. The van der Waals surface area contributed by atoms with Gasteiger partial charge in [-0.15, -0.1) is 20.4 Å². The van der Waals surface area contributed by atoms with Gasteiger partial charge in [0, 0.05) is 20.1 Å². The van der Waals surface area contributed by atoms with Gasteiger partial charge in [0.2, 0.25) is 11.8 Å². The van der Waals surface area contributed by atoms with Crippen molar-refractivity contribution in [2.75, 3.05) is 0 Å². The molecule has 2 aromatic carbocycles. The number of hydrogen-bond donors (Lipinski definition) is 0. The molecule has 2 heterocycles. The molecule has 0 saturated heterocycles. The van der Waals surface area contributed by atoms with Crippen molar-refractivity contribution in [2.24, 2.45) is 0 Å². The predicted molar refractivity (Wildman–Crippen MR) is 93.9 cm³/mol. The van der Waals surface area contributed by atoms with E-state index in [0.29, 0.717) is 11.8 Å². The fraction of sp³-hybridized carbons (Fsp3) is 0. The molecular weight excluding hydrogens is 440 g/mol. The molecule has 2 aromatic heterocycles. The Kier molecular flexibility index (Phi) is 3.99. The Hall–Kier alpha value is -2.32. The summed E-state index contributed by atoms with van der Waals surface area (Å²) in [6, 6.07) is 15.1. The number of nitrogens with zero attached hydrogens (tertiary/aromatic N) is 4. The molecule has 0 spiro atoms. The van der Waals surface area contributed by atoms with Gasteiger partial charge in [-0.05, 0) is 48.5 Å².